The third-order valence-electron chi connectivity index (χ3n) is 5.49. The van der Waals surface area contributed by atoms with Crippen molar-refractivity contribution in [2.75, 3.05) is 5.75 Å². The van der Waals surface area contributed by atoms with Crippen LogP contribution in [-0.2, 0) is 14.3 Å². The monoisotopic (exact) mass is 493 g/mol. The van der Waals surface area contributed by atoms with Gasteiger partial charge in [0.15, 0.2) is 0 Å². The lowest BCUT2D eigenvalue weighted by atomic mass is 9.98. The molecule has 0 spiro atoms. The van der Waals surface area contributed by atoms with Crippen molar-refractivity contribution in [3.05, 3.63) is 35.4 Å². The second-order valence-corrected chi connectivity index (χ2v) is 10.3. The Kier molecular flexibility index (Phi) is 11.9. The third-order valence-corrected chi connectivity index (χ3v) is 5.85. The number of ether oxygens (including phenoxy) is 1. The van der Waals surface area contributed by atoms with Crippen molar-refractivity contribution in [2.24, 2.45) is 0 Å². The van der Waals surface area contributed by atoms with Gasteiger partial charge in [-0.1, -0.05) is 50.1 Å². The van der Waals surface area contributed by atoms with Gasteiger partial charge in [0.1, 0.15) is 17.7 Å². The molecule has 0 aromatic heterocycles. The van der Waals surface area contributed by atoms with Crippen molar-refractivity contribution in [1.82, 2.24) is 15.5 Å². The second kappa shape index (κ2) is 13.6. The molecule has 1 aromatic carbocycles. The standard InChI is InChI=1S/C26H43N3O4S/c1-9-12-18(4)27-23(30)22(20-14-11-13-17(3)15-20)29(19(5)10-2)24(31)21(16-34)28-25(32)33-26(6,7)8/h11,13-15,18-19,21-22,34H,9-10,12,16H2,1-8H3,(H,27,30)(H,28,32). The van der Waals surface area contributed by atoms with E-state index >= 15 is 0 Å². The summed E-state index contributed by atoms with van der Waals surface area (Å²) < 4.78 is 5.34. The summed E-state index contributed by atoms with van der Waals surface area (Å²) in [6, 6.07) is 5.55. The molecular weight excluding hydrogens is 450 g/mol. The first-order chi connectivity index (χ1) is 15.8. The van der Waals surface area contributed by atoms with Crippen LogP contribution in [0.15, 0.2) is 24.3 Å². The molecule has 0 saturated heterocycles. The molecule has 2 N–H and O–H groups in total. The number of carbonyl (C=O) groups excluding carboxylic acids is 3. The molecule has 4 atom stereocenters. The second-order valence-electron chi connectivity index (χ2n) is 9.90. The average Bonchev–Trinajstić information content (AvgIpc) is 2.73. The van der Waals surface area contributed by atoms with Gasteiger partial charge in [-0.15, -0.1) is 0 Å². The minimum Gasteiger partial charge on any atom is -0.444 e. The Bertz CT molecular complexity index is 825. The van der Waals surface area contributed by atoms with Crippen LogP contribution in [0.2, 0.25) is 0 Å². The Morgan fingerprint density at radius 3 is 2.26 bits per heavy atom. The molecule has 0 saturated carbocycles. The number of amides is 3. The zero-order valence-corrected chi connectivity index (χ0v) is 22.9. The Balaban J connectivity index is 3.42. The predicted molar refractivity (Wildman–Crippen MR) is 140 cm³/mol. The number of hydrogen-bond acceptors (Lipinski definition) is 5. The number of benzene rings is 1. The first-order valence-corrected chi connectivity index (χ1v) is 12.8. The van der Waals surface area contributed by atoms with E-state index in [1.165, 1.54) is 0 Å². The highest BCUT2D eigenvalue weighted by Crippen LogP contribution is 2.27. The Hall–Kier alpha value is -2.22. The van der Waals surface area contributed by atoms with Crippen molar-refractivity contribution in [1.29, 1.82) is 0 Å². The maximum atomic E-state index is 13.8. The fourth-order valence-corrected chi connectivity index (χ4v) is 3.96. The normalized spacial score (nSPS) is 15.0. The van der Waals surface area contributed by atoms with Crippen LogP contribution in [0.3, 0.4) is 0 Å². The summed E-state index contributed by atoms with van der Waals surface area (Å²) in [5.41, 5.74) is 1.01. The number of alkyl carbamates (subject to hydrolysis) is 1. The largest absolute Gasteiger partial charge is 0.444 e. The fourth-order valence-electron chi connectivity index (χ4n) is 3.72. The molecule has 4 unspecified atom stereocenters. The van der Waals surface area contributed by atoms with E-state index in [2.05, 4.69) is 30.2 Å². The molecule has 0 radical (unpaired) electrons. The van der Waals surface area contributed by atoms with Crippen molar-refractivity contribution in [2.45, 2.75) is 104 Å². The molecule has 0 aliphatic carbocycles. The first kappa shape index (κ1) is 29.8. The first-order valence-electron chi connectivity index (χ1n) is 12.1. The Morgan fingerprint density at radius 2 is 1.76 bits per heavy atom. The molecule has 0 aliphatic rings. The lowest BCUT2D eigenvalue weighted by molar-refractivity contribution is -0.144. The van der Waals surface area contributed by atoms with Crippen molar-refractivity contribution < 1.29 is 19.1 Å². The topological polar surface area (TPSA) is 87.7 Å². The minimum absolute atomic E-state index is 0.0285. The van der Waals surface area contributed by atoms with Crippen LogP contribution < -0.4 is 10.6 Å². The van der Waals surface area contributed by atoms with Gasteiger partial charge in [0.2, 0.25) is 11.8 Å². The van der Waals surface area contributed by atoms with E-state index in [4.69, 9.17) is 4.74 Å². The summed E-state index contributed by atoms with van der Waals surface area (Å²) in [5, 5.41) is 5.72. The number of rotatable bonds is 11. The molecular formula is C26H43N3O4S. The quantitative estimate of drug-likeness (QED) is 0.387. The summed E-state index contributed by atoms with van der Waals surface area (Å²) in [7, 11) is 0. The van der Waals surface area contributed by atoms with E-state index in [0.717, 1.165) is 24.0 Å². The predicted octanol–water partition coefficient (Wildman–Crippen LogP) is 4.79. The van der Waals surface area contributed by atoms with E-state index in [1.807, 2.05) is 52.0 Å². The molecule has 0 fully saturated rings. The number of aryl methyl sites for hydroxylation is 1. The van der Waals surface area contributed by atoms with E-state index in [0.29, 0.717) is 6.42 Å². The van der Waals surface area contributed by atoms with Gasteiger partial charge in [0, 0.05) is 17.8 Å². The smallest absolute Gasteiger partial charge is 0.408 e. The van der Waals surface area contributed by atoms with E-state index in [-0.39, 0.29) is 29.7 Å². The highest BCUT2D eigenvalue weighted by molar-refractivity contribution is 7.80. The lowest BCUT2D eigenvalue weighted by Crippen LogP contribution is -2.56. The van der Waals surface area contributed by atoms with Crippen LogP contribution in [-0.4, -0.2) is 52.3 Å². The van der Waals surface area contributed by atoms with Gasteiger partial charge in [-0.05, 0) is 59.9 Å². The average molecular weight is 494 g/mol. The number of carbonyl (C=O) groups is 3. The molecule has 1 rings (SSSR count). The van der Waals surface area contributed by atoms with Gasteiger partial charge in [-0.2, -0.15) is 12.6 Å². The molecule has 7 nitrogen and oxygen atoms in total. The molecule has 0 bridgehead atoms. The van der Waals surface area contributed by atoms with E-state index in [1.54, 1.807) is 25.7 Å². The summed E-state index contributed by atoms with van der Waals surface area (Å²) in [4.78, 5) is 41.4. The summed E-state index contributed by atoms with van der Waals surface area (Å²) in [5.74, 6) is -0.547. The third kappa shape index (κ3) is 9.20. The maximum absolute atomic E-state index is 13.8. The van der Waals surface area contributed by atoms with Crippen LogP contribution in [0.5, 0.6) is 0 Å². The van der Waals surface area contributed by atoms with Gasteiger partial charge < -0.3 is 20.3 Å². The maximum Gasteiger partial charge on any atom is 0.408 e. The molecule has 1 aromatic rings. The van der Waals surface area contributed by atoms with Crippen molar-refractivity contribution in [3.8, 4) is 0 Å². The number of thiol groups is 1. The van der Waals surface area contributed by atoms with Gasteiger partial charge in [0.05, 0.1) is 0 Å². The molecule has 0 heterocycles. The zero-order chi connectivity index (χ0) is 26.1. The van der Waals surface area contributed by atoms with Crippen molar-refractivity contribution >= 4 is 30.5 Å². The molecule has 0 aliphatic heterocycles. The summed E-state index contributed by atoms with van der Waals surface area (Å²) in [6.45, 7) is 15.1. The highest BCUT2D eigenvalue weighted by Gasteiger charge is 2.38. The SMILES string of the molecule is CCCC(C)NC(=O)C(c1cccc(C)c1)N(C(=O)C(CS)NC(=O)OC(C)(C)C)C(C)CC. The van der Waals surface area contributed by atoms with Gasteiger partial charge in [-0.25, -0.2) is 4.79 Å². The molecule has 8 heteroatoms. The zero-order valence-electron chi connectivity index (χ0n) is 22.0. The van der Waals surface area contributed by atoms with Gasteiger partial charge in [-0.3, -0.25) is 9.59 Å². The summed E-state index contributed by atoms with van der Waals surface area (Å²) >= 11 is 4.32. The van der Waals surface area contributed by atoms with Crippen LogP contribution in [0.1, 0.15) is 84.9 Å². The van der Waals surface area contributed by atoms with Crippen LogP contribution in [0, 0.1) is 6.92 Å². The Labute approximate surface area is 210 Å². The molecule has 34 heavy (non-hydrogen) atoms. The molecule has 192 valence electrons. The highest BCUT2D eigenvalue weighted by atomic mass is 32.1. The van der Waals surface area contributed by atoms with Crippen LogP contribution in [0.4, 0.5) is 4.79 Å². The fraction of sp³-hybridized carbons (Fsp3) is 0.654. The lowest BCUT2D eigenvalue weighted by Gasteiger charge is -2.38. The molecule has 3 amide bonds. The Morgan fingerprint density at radius 1 is 1.12 bits per heavy atom. The number of nitrogens with zero attached hydrogens (tertiary/aromatic N) is 1. The number of hydrogen-bond donors (Lipinski definition) is 3. The van der Waals surface area contributed by atoms with Crippen LogP contribution >= 0.6 is 12.6 Å². The summed E-state index contributed by atoms with van der Waals surface area (Å²) in [6.07, 6.45) is 1.71. The number of nitrogens with one attached hydrogen (secondary N) is 2. The van der Waals surface area contributed by atoms with Gasteiger partial charge in [0.25, 0.3) is 0 Å². The van der Waals surface area contributed by atoms with E-state index < -0.39 is 23.8 Å². The van der Waals surface area contributed by atoms with E-state index in [9.17, 15) is 14.4 Å². The van der Waals surface area contributed by atoms with Crippen LogP contribution in [0.25, 0.3) is 0 Å². The van der Waals surface area contributed by atoms with Crippen molar-refractivity contribution in [3.63, 3.8) is 0 Å². The van der Waals surface area contributed by atoms with Gasteiger partial charge >= 0.3 is 6.09 Å². The minimum atomic E-state index is -0.944.